The molecule has 2 rings (SSSR count). The van der Waals surface area contributed by atoms with Gasteiger partial charge in [0.05, 0.1) is 5.69 Å². The van der Waals surface area contributed by atoms with Crippen LogP contribution in [0.2, 0.25) is 0 Å². The Labute approximate surface area is 97.2 Å². The molecule has 0 aromatic carbocycles. The van der Waals surface area contributed by atoms with E-state index in [-0.39, 0.29) is 11.1 Å². The summed E-state index contributed by atoms with van der Waals surface area (Å²) in [5.41, 5.74) is 2.73. The molecule has 0 fully saturated rings. The Morgan fingerprint density at radius 1 is 1.00 bits per heavy atom. The average molecular weight is 238 g/mol. The van der Waals surface area contributed by atoms with Gasteiger partial charge in [-0.05, 0) is 27.0 Å². The molecule has 2 aromatic heterocycles. The third kappa shape index (κ3) is 1.24. The molecular weight excluding hydrogens is 224 g/mol. The predicted octanol–water partition coefficient (Wildman–Crippen LogP) is 0.985. The number of thioether (sulfide) groups is 1. The van der Waals surface area contributed by atoms with E-state index < -0.39 is 0 Å². The maximum Gasteiger partial charge on any atom is 0.277 e. The highest BCUT2D eigenvalue weighted by Gasteiger charge is 2.19. The Kier molecular flexibility index (Phi) is 2.58. The van der Waals surface area contributed by atoms with Gasteiger partial charge in [-0.25, -0.2) is 0 Å². The largest absolute Gasteiger partial charge is 0.277 e. The number of aryl methyl sites for hydroxylation is 1. The summed E-state index contributed by atoms with van der Waals surface area (Å²) in [6, 6.07) is 0. The van der Waals surface area contributed by atoms with Gasteiger partial charge in [0.1, 0.15) is 0 Å². The molecule has 2 aromatic rings. The van der Waals surface area contributed by atoms with E-state index >= 15 is 0 Å². The van der Waals surface area contributed by atoms with Crippen LogP contribution in [-0.4, -0.2) is 15.3 Å². The van der Waals surface area contributed by atoms with E-state index in [1.54, 1.807) is 30.1 Å². The standard InChI is InChI=1S/C11H14N2O2S/c1-6-8(3)12-9(5-16-4)7(2)11(15)13(12)10(6)14/h5H2,1-4H3. The zero-order valence-electron chi connectivity index (χ0n) is 9.83. The van der Waals surface area contributed by atoms with Crippen LogP contribution in [0.4, 0.5) is 0 Å². The van der Waals surface area contributed by atoms with Crippen molar-refractivity contribution in [2.24, 2.45) is 0 Å². The summed E-state index contributed by atoms with van der Waals surface area (Å²) >= 11 is 1.65. The van der Waals surface area contributed by atoms with E-state index in [4.69, 9.17) is 0 Å². The van der Waals surface area contributed by atoms with Gasteiger partial charge in [0, 0.05) is 22.6 Å². The van der Waals surface area contributed by atoms with Crippen LogP contribution < -0.4 is 11.1 Å². The molecule has 0 saturated carbocycles. The summed E-state index contributed by atoms with van der Waals surface area (Å²) in [7, 11) is 0. The van der Waals surface area contributed by atoms with Crippen molar-refractivity contribution in [1.82, 2.24) is 9.03 Å². The molecule has 4 nitrogen and oxygen atoms in total. The average Bonchev–Trinajstić information content (AvgIpc) is 2.62. The van der Waals surface area contributed by atoms with Gasteiger partial charge in [-0.3, -0.25) is 14.1 Å². The summed E-state index contributed by atoms with van der Waals surface area (Å²) in [5, 5.41) is 0. The quantitative estimate of drug-likeness (QED) is 0.783. The number of rotatable bonds is 2. The minimum atomic E-state index is -0.196. The Morgan fingerprint density at radius 2 is 1.56 bits per heavy atom. The normalized spacial score (nSPS) is 11.5. The molecule has 0 saturated heterocycles. The topological polar surface area (TPSA) is 43.0 Å². The third-order valence-electron chi connectivity index (χ3n) is 3.06. The molecule has 0 spiro atoms. The highest BCUT2D eigenvalue weighted by Crippen LogP contribution is 2.14. The second-order valence-electron chi connectivity index (χ2n) is 3.95. The highest BCUT2D eigenvalue weighted by molar-refractivity contribution is 7.97. The van der Waals surface area contributed by atoms with Crippen molar-refractivity contribution in [2.75, 3.05) is 6.26 Å². The lowest BCUT2D eigenvalue weighted by Gasteiger charge is -2.00. The monoisotopic (exact) mass is 238 g/mol. The van der Waals surface area contributed by atoms with Gasteiger partial charge >= 0.3 is 0 Å². The van der Waals surface area contributed by atoms with Crippen LogP contribution in [-0.2, 0) is 5.75 Å². The van der Waals surface area contributed by atoms with Crippen LogP contribution >= 0.6 is 11.8 Å². The Morgan fingerprint density at radius 3 is 2.12 bits per heavy atom. The summed E-state index contributed by atoms with van der Waals surface area (Å²) < 4.78 is 3.00. The molecule has 2 heterocycles. The molecule has 16 heavy (non-hydrogen) atoms. The fourth-order valence-corrected chi connectivity index (χ4v) is 2.58. The zero-order chi connectivity index (χ0) is 12.0. The molecule has 0 atom stereocenters. The molecular formula is C11H14N2O2S. The van der Waals surface area contributed by atoms with Crippen molar-refractivity contribution < 1.29 is 0 Å². The van der Waals surface area contributed by atoms with Crippen LogP contribution in [0, 0.1) is 20.8 Å². The summed E-state index contributed by atoms with van der Waals surface area (Å²) in [5.74, 6) is 0.742. The number of fused-ring (bicyclic) bond motifs is 1. The minimum absolute atomic E-state index is 0.190. The maximum absolute atomic E-state index is 11.9. The van der Waals surface area contributed by atoms with E-state index in [1.807, 2.05) is 13.2 Å². The van der Waals surface area contributed by atoms with E-state index in [2.05, 4.69) is 0 Å². The minimum Gasteiger partial charge on any atom is -0.267 e. The molecule has 0 radical (unpaired) electrons. The molecule has 0 aliphatic carbocycles. The van der Waals surface area contributed by atoms with Crippen molar-refractivity contribution in [3.05, 3.63) is 43.2 Å². The third-order valence-corrected chi connectivity index (χ3v) is 3.62. The fourth-order valence-electron chi connectivity index (χ4n) is 1.97. The number of aromatic nitrogens is 2. The van der Waals surface area contributed by atoms with Crippen molar-refractivity contribution in [3.8, 4) is 0 Å². The van der Waals surface area contributed by atoms with Crippen molar-refractivity contribution in [1.29, 1.82) is 0 Å². The van der Waals surface area contributed by atoms with Crippen LogP contribution in [0.25, 0.3) is 0 Å². The first-order chi connectivity index (χ1) is 7.50. The second-order valence-corrected chi connectivity index (χ2v) is 4.82. The van der Waals surface area contributed by atoms with Gasteiger partial charge in [0.15, 0.2) is 0 Å². The first-order valence-corrected chi connectivity index (χ1v) is 6.45. The lowest BCUT2D eigenvalue weighted by atomic mass is 10.2. The molecule has 0 N–H and O–H groups in total. The summed E-state index contributed by atoms with van der Waals surface area (Å²) in [4.78, 5) is 23.8. The Bertz CT molecular complexity index is 654. The lowest BCUT2D eigenvalue weighted by Crippen LogP contribution is -2.23. The van der Waals surface area contributed by atoms with Gasteiger partial charge in [-0.15, -0.1) is 0 Å². The maximum atomic E-state index is 11.9. The van der Waals surface area contributed by atoms with Crippen molar-refractivity contribution in [2.45, 2.75) is 26.5 Å². The van der Waals surface area contributed by atoms with E-state index in [0.29, 0.717) is 11.1 Å². The molecule has 0 bridgehead atoms. The molecule has 5 heteroatoms. The second kappa shape index (κ2) is 3.66. The van der Waals surface area contributed by atoms with Crippen molar-refractivity contribution >= 4 is 11.8 Å². The van der Waals surface area contributed by atoms with Gasteiger partial charge in [-0.2, -0.15) is 16.3 Å². The Balaban J connectivity index is 3.02. The summed E-state index contributed by atoms with van der Waals surface area (Å²) in [6.45, 7) is 5.41. The van der Waals surface area contributed by atoms with Crippen molar-refractivity contribution in [3.63, 3.8) is 0 Å². The van der Waals surface area contributed by atoms with Gasteiger partial charge in [-0.1, -0.05) is 0 Å². The van der Waals surface area contributed by atoms with E-state index in [1.165, 1.54) is 4.52 Å². The highest BCUT2D eigenvalue weighted by atomic mass is 32.2. The van der Waals surface area contributed by atoms with Crippen LogP contribution in [0.5, 0.6) is 0 Å². The van der Waals surface area contributed by atoms with Gasteiger partial charge in [0.25, 0.3) is 11.1 Å². The van der Waals surface area contributed by atoms with E-state index in [9.17, 15) is 9.59 Å². The van der Waals surface area contributed by atoms with Crippen LogP contribution in [0.15, 0.2) is 9.59 Å². The molecule has 0 aliphatic heterocycles. The van der Waals surface area contributed by atoms with E-state index in [0.717, 1.165) is 17.1 Å². The van der Waals surface area contributed by atoms with Crippen LogP contribution in [0.1, 0.15) is 22.5 Å². The number of nitrogens with zero attached hydrogens (tertiary/aromatic N) is 2. The first-order valence-electron chi connectivity index (χ1n) is 5.05. The fraction of sp³-hybridized carbons (Fsp3) is 0.455. The zero-order valence-corrected chi connectivity index (χ0v) is 10.6. The predicted molar refractivity (Wildman–Crippen MR) is 66.0 cm³/mol. The SMILES string of the molecule is CSCc1c(C)c(=O)n2c(=O)c(C)c(C)n12. The Hall–Kier alpha value is -1.23. The lowest BCUT2D eigenvalue weighted by molar-refractivity contribution is 0.765. The van der Waals surface area contributed by atoms with Gasteiger partial charge in [0.2, 0.25) is 0 Å². The molecule has 86 valence electrons. The smallest absolute Gasteiger partial charge is 0.267 e. The molecule has 0 amide bonds. The summed E-state index contributed by atoms with van der Waals surface area (Å²) in [6.07, 6.45) is 1.98. The van der Waals surface area contributed by atoms with Crippen LogP contribution in [0.3, 0.4) is 0 Å². The van der Waals surface area contributed by atoms with Gasteiger partial charge < -0.3 is 0 Å². The molecule has 0 aliphatic rings. The number of hydrogen-bond acceptors (Lipinski definition) is 3. The number of hydrogen-bond donors (Lipinski definition) is 0. The molecule has 0 unspecified atom stereocenters. The first kappa shape index (κ1) is 11.3.